The SMILES string of the molecule is CCC(=O)N1C[C@H]2[C@H](CC2(C)C)[C@H]1C(C)=O. The second kappa shape index (κ2) is 3.57. The number of carbonyl (C=O) groups is 2. The van der Waals surface area contributed by atoms with Gasteiger partial charge >= 0.3 is 0 Å². The molecule has 0 spiro atoms. The molecule has 1 saturated carbocycles. The first-order valence-corrected chi connectivity index (χ1v) is 6.18. The Morgan fingerprint density at radius 1 is 1.38 bits per heavy atom. The van der Waals surface area contributed by atoms with E-state index in [4.69, 9.17) is 0 Å². The van der Waals surface area contributed by atoms with Gasteiger partial charge < -0.3 is 4.90 Å². The zero-order valence-electron chi connectivity index (χ0n) is 10.6. The molecule has 0 radical (unpaired) electrons. The Kier molecular flexibility index (Phi) is 2.59. The fourth-order valence-corrected chi connectivity index (χ4v) is 3.57. The molecule has 1 heterocycles. The van der Waals surface area contributed by atoms with E-state index in [0.717, 1.165) is 13.0 Å². The number of carbonyl (C=O) groups excluding carboxylic acids is 2. The third-order valence-electron chi connectivity index (χ3n) is 4.46. The zero-order chi connectivity index (χ0) is 12.1. The molecule has 1 amide bonds. The molecule has 3 nitrogen and oxygen atoms in total. The summed E-state index contributed by atoms with van der Waals surface area (Å²) >= 11 is 0. The lowest BCUT2D eigenvalue weighted by molar-refractivity contribution is -0.137. The lowest BCUT2D eigenvalue weighted by Crippen LogP contribution is -2.47. The highest BCUT2D eigenvalue weighted by atomic mass is 16.2. The number of nitrogens with zero attached hydrogens (tertiary/aromatic N) is 1. The van der Waals surface area contributed by atoms with Gasteiger partial charge in [-0.1, -0.05) is 20.8 Å². The van der Waals surface area contributed by atoms with Crippen LogP contribution in [0.5, 0.6) is 0 Å². The summed E-state index contributed by atoms with van der Waals surface area (Å²) in [5.41, 5.74) is 0.307. The molecule has 0 unspecified atom stereocenters. The van der Waals surface area contributed by atoms with Gasteiger partial charge in [0.05, 0.1) is 6.04 Å². The Morgan fingerprint density at radius 2 is 2.00 bits per heavy atom. The topological polar surface area (TPSA) is 37.4 Å². The minimum atomic E-state index is -0.134. The molecule has 2 fully saturated rings. The maximum Gasteiger partial charge on any atom is 0.222 e. The highest BCUT2D eigenvalue weighted by Crippen LogP contribution is 2.57. The van der Waals surface area contributed by atoms with Gasteiger partial charge in [-0.25, -0.2) is 0 Å². The predicted octanol–water partition coefficient (Wildman–Crippen LogP) is 1.86. The number of hydrogen-bond acceptors (Lipinski definition) is 2. The number of hydrogen-bond donors (Lipinski definition) is 0. The number of Topliss-reactive ketones (excluding diaryl/α,β-unsaturated/α-hetero) is 1. The molecule has 1 saturated heterocycles. The summed E-state index contributed by atoms with van der Waals surface area (Å²) in [7, 11) is 0. The van der Waals surface area contributed by atoms with Crippen molar-refractivity contribution in [3.8, 4) is 0 Å². The fraction of sp³-hybridized carbons (Fsp3) is 0.846. The van der Waals surface area contributed by atoms with E-state index >= 15 is 0 Å². The van der Waals surface area contributed by atoms with Crippen LogP contribution in [-0.2, 0) is 9.59 Å². The van der Waals surface area contributed by atoms with Crippen LogP contribution in [0.4, 0.5) is 0 Å². The van der Waals surface area contributed by atoms with E-state index in [9.17, 15) is 9.59 Å². The van der Waals surface area contributed by atoms with E-state index in [-0.39, 0.29) is 17.7 Å². The summed E-state index contributed by atoms with van der Waals surface area (Å²) in [6, 6.07) is -0.134. The number of likely N-dealkylation sites (tertiary alicyclic amines) is 1. The summed E-state index contributed by atoms with van der Waals surface area (Å²) in [5.74, 6) is 1.23. The van der Waals surface area contributed by atoms with Gasteiger partial charge in [-0.3, -0.25) is 9.59 Å². The van der Waals surface area contributed by atoms with Gasteiger partial charge in [-0.05, 0) is 30.6 Å². The molecule has 16 heavy (non-hydrogen) atoms. The van der Waals surface area contributed by atoms with Crippen molar-refractivity contribution in [1.82, 2.24) is 4.90 Å². The highest BCUT2D eigenvalue weighted by molar-refractivity contribution is 5.88. The molecule has 2 rings (SSSR count). The van der Waals surface area contributed by atoms with Crippen molar-refractivity contribution >= 4 is 11.7 Å². The minimum Gasteiger partial charge on any atom is -0.332 e. The first-order valence-electron chi connectivity index (χ1n) is 6.18. The van der Waals surface area contributed by atoms with Crippen LogP contribution in [0.2, 0.25) is 0 Å². The average molecular weight is 223 g/mol. The predicted molar refractivity (Wildman–Crippen MR) is 61.9 cm³/mol. The molecule has 0 aromatic rings. The van der Waals surface area contributed by atoms with Gasteiger partial charge in [-0.2, -0.15) is 0 Å². The Balaban J connectivity index is 2.21. The summed E-state index contributed by atoms with van der Waals surface area (Å²) in [6.07, 6.45) is 1.58. The largest absolute Gasteiger partial charge is 0.332 e. The molecule has 3 atom stereocenters. The van der Waals surface area contributed by atoms with Crippen LogP contribution >= 0.6 is 0 Å². The number of amides is 1. The molecule has 3 heteroatoms. The van der Waals surface area contributed by atoms with Crippen LogP contribution in [0.1, 0.15) is 40.5 Å². The third-order valence-corrected chi connectivity index (χ3v) is 4.46. The van der Waals surface area contributed by atoms with Crippen molar-refractivity contribution in [3.63, 3.8) is 0 Å². The number of fused-ring (bicyclic) bond motifs is 1. The number of rotatable bonds is 2. The van der Waals surface area contributed by atoms with Crippen LogP contribution in [0, 0.1) is 17.3 Å². The van der Waals surface area contributed by atoms with Crippen LogP contribution < -0.4 is 0 Å². The van der Waals surface area contributed by atoms with E-state index in [1.165, 1.54) is 0 Å². The molecule has 0 aromatic carbocycles. The van der Waals surface area contributed by atoms with Crippen LogP contribution in [0.15, 0.2) is 0 Å². The van der Waals surface area contributed by atoms with Crippen molar-refractivity contribution in [2.75, 3.05) is 6.54 Å². The first kappa shape index (κ1) is 11.6. The van der Waals surface area contributed by atoms with Crippen molar-refractivity contribution in [3.05, 3.63) is 0 Å². The van der Waals surface area contributed by atoms with Gasteiger partial charge in [0, 0.05) is 13.0 Å². The lowest BCUT2D eigenvalue weighted by Gasteiger charge is -2.48. The van der Waals surface area contributed by atoms with Gasteiger partial charge in [0.25, 0.3) is 0 Å². The Hall–Kier alpha value is -0.860. The molecule has 1 aliphatic carbocycles. The van der Waals surface area contributed by atoms with Crippen molar-refractivity contribution < 1.29 is 9.59 Å². The summed E-state index contributed by atoms with van der Waals surface area (Å²) in [6.45, 7) is 8.75. The normalized spacial score (nSPS) is 35.5. The quantitative estimate of drug-likeness (QED) is 0.716. The molecule has 2 aliphatic rings. The molecule has 0 N–H and O–H groups in total. The maximum absolute atomic E-state index is 11.8. The van der Waals surface area contributed by atoms with E-state index in [0.29, 0.717) is 23.7 Å². The lowest BCUT2D eigenvalue weighted by atomic mass is 9.55. The van der Waals surface area contributed by atoms with Crippen LogP contribution in [0.3, 0.4) is 0 Å². The molecule has 1 aliphatic heterocycles. The van der Waals surface area contributed by atoms with E-state index < -0.39 is 0 Å². The molecule has 0 aromatic heterocycles. The Bertz CT molecular complexity index is 335. The monoisotopic (exact) mass is 223 g/mol. The molecule has 0 bridgehead atoms. The van der Waals surface area contributed by atoms with E-state index in [1.807, 2.05) is 11.8 Å². The molecular weight excluding hydrogens is 202 g/mol. The van der Waals surface area contributed by atoms with Crippen LogP contribution in [0.25, 0.3) is 0 Å². The van der Waals surface area contributed by atoms with Crippen molar-refractivity contribution in [2.24, 2.45) is 17.3 Å². The second-order valence-electron chi connectivity index (χ2n) is 5.92. The van der Waals surface area contributed by atoms with E-state index in [2.05, 4.69) is 13.8 Å². The van der Waals surface area contributed by atoms with Gasteiger partial charge in [-0.15, -0.1) is 0 Å². The van der Waals surface area contributed by atoms with Crippen LogP contribution in [-0.4, -0.2) is 29.2 Å². The highest BCUT2D eigenvalue weighted by Gasteiger charge is 2.58. The summed E-state index contributed by atoms with van der Waals surface area (Å²) in [5, 5.41) is 0. The summed E-state index contributed by atoms with van der Waals surface area (Å²) < 4.78 is 0. The summed E-state index contributed by atoms with van der Waals surface area (Å²) in [4.78, 5) is 25.3. The van der Waals surface area contributed by atoms with Crippen molar-refractivity contribution in [2.45, 2.75) is 46.6 Å². The molecular formula is C13H21NO2. The van der Waals surface area contributed by atoms with Gasteiger partial charge in [0.15, 0.2) is 5.78 Å². The van der Waals surface area contributed by atoms with E-state index in [1.54, 1.807) is 6.92 Å². The fourth-order valence-electron chi connectivity index (χ4n) is 3.57. The Labute approximate surface area is 97.2 Å². The molecule has 90 valence electrons. The maximum atomic E-state index is 11.8. The first-order chi connectivity index (χ1) is 7.38. The second-order valence-corrected chi connectivity index (χ2v) is 5.92. The Morgan fingerprint density at radius 3 is 2.44 bits per heavy atom. The minimum absolute atomic E-state index is 0.130. The third kappa shape index (κ3) is 1.48. The average Bonchev–Trinajstić information content (AvgIpc) is 2.52. The zero-order valence-corrected chi connectivity index (χ0v) is 10.6. The number of ketones is 1. The van der Waals surface area contributed by atoms with Gasteiger partial charge in [0.2, 0.25) is 5.91 Å². The van der Waals surface area contributed by atoms with Crippen molar-refractivity contribution in [1.29, 1.82) is 0 Å². The van der Waals surface area contributed by atoms with Gasteiger partial charge in [0.1, 0.15) is 0 Å². The standard InChI is InChI=1S/C13H21NO2/c1-5-11(16)14-7-10-9(6-13(10,3)4)12(14)8(2)15/h9-10,12H,5-7H2,1-4H3/t9-,10-,12+/m0/s1. The smallest absolute Gasteiger partial charge is 0.222 e.